The smallest absolute Gasteiger partial charge is 0.119 e. The van der Waals surface area contributed by atoms with Crippen LogP contribution in [0.1, 0.15) is 20.8 Å². The number of hydrogen-bond acceptors (Lipinski definition) is 3. The summed E-state index contributed by atoms with van der Waals surface area (Å²) in [6.45, 7) is 10.5. The Hall–Kier alpha value is -0.770. The Balaban J connectivity index is 1.82. The molecule has 1 N–H and O–H groups in total. The van der Waals surface area contributed by atoms with E-state index in [-0.39, 0.29) is 5.54 Å². The van der Waals surface area contributed by atoms with Crippen molar-refractivity contribution in [3.63, 3.8) is 0 Å². The first-order valence-corrected chi connectivity index (χ1v) is 7.22. The van der Waals surface area contributed by atoms with Crippen LogP contribution in [-0.4, -0.2) is 42.7 Å². The summed E-state index contributed by atoms with van der Waals surface area (Å²) in [5, 5.41) is 4.26. The average molecular weight is 283 g/mol. The van der Waals surface area contributed by atoms with Crippen molar-refractivity contribution in [2.45, 2.75) is 32.4 Å². The molecule has 19 heavy (non-hydrogen) atoms. The highest BCUT2D eigenvalue weighted by molar-refractivity contribution is 6.30. The lowest BCUT2D eigenvalue weighted by atomic mass is 9.98. The molecule has 1 aromatic rings. The maximum Gasteiger partial charge on any atom is 0.119 e. The Bertz CT molecular complexity index is 405. The van der Waals surface area contributed by atoms with Crippen LogP contribution in [0.3, 0.4) is 0 Å². The molecule has 1 fully saturated rings. The highest BCUT2D eigenvalue weighted by Gasteiger charge is 2.31. The van der Waals surface area contributed by atoms with Gasteiger partial charge in [0.2, 0.25) is 0 Å². The van der Waals surface area contributed by atoms with Gasteiger partial charge < -0.3 is 10.1 Å². The van der Waals surface area contributed by atoms with Gasteiger partial charge in [-0.1, -0.05) is 11.6 Å². The molecule has 4 heteroatoms. The summed E-state index contributed by atoms with van der Waals surface area (Å²) < 4.78 is 5.77. The fourth-order valence-electron chi connectivity index (χ4n) is 2.38. The van der Waals surface area contributed by atoms with Gasteiger partial charge in [0.1, 0.15) is 12.4 Å². The topological polar surface area (TPSA) is 24.5 Å². The standard InChI is InChI=1S/C15H23ClN2O/c1-12-10-18(15(2,3)11-17-12)8-9-19-14-6-4-13(16)5-7-14/h4-7,12,17H,8-11H2,1-3H3. The van der Waals surface area contributed by atoms with E-state index in [2.05, 4.69) is 31.0 Å². The molecule has 0 amide bonds. The van der Waals surface area contributed by atoms with E-state index >= 15 is 0 Å². The van der Waals surface area contributed by atoms with Crippen molar-refractivity contribution < 1.29 is 4.74 Å². The van der Waals surface area contributed by atoms with Crippen LogP contribution in [0.5, 0.6) is 5.75 Å². The van der Waals surface area contributed by atoms with Gasteiger partial charge in [-0.25, -0.2) is 0 Å². The highest BCUT2D eigenvalue weighted by Crippen LogP contribution is 2.19. The molecule has 1 unspecified atom stereocenters. The summed E-state index contributed by atoms with van der Waals surface area (Å²) in [6.07, 6.45) is 0. The lowest BCUT2D eigenvalue weighted by molar-refractivity contribution is 0.0566. The van der Waals surface area contributed by atoms with Crippen molar-refractivity contribution in [3.05, 3.63) is 29.3 Å². The average Bonchev–Trinajstić information content (AvgIpc) is 2.36. The summed E-state index contributed by atoms with van der Waals surface area (Å²) in [4.78, 5) is 2.49. The third kappa shape index (κ3) is 4.10. The van der Waals surface area contributed by atoms with Crippen LogP contribution in [-0.2, 0) is 0 Å². The zero-order valence-corrected chi connectivity index (χ0v) is 12.7. The molecule has 0 bridgehead atoms. The van der Waals surface area contributed by atoms with Crippen molar-refractivity contribution >= 4 is 11.6 Å². The second-order valence-corrected chi connectivity index (χ2v) is 6.28. The number of benzene rings is 1. The van der Waals surface area contributed by atoms with Crippen LogP contribution in [0.25, 0.3) is 0 Å². The lowest BCUT2D eigenvalue weighted by Crippen LogP contribution is -2.61. The van der Waals surface area contributed by atoms with E-state index in [1.165, 1.54) is 0 Å². The zero-order chi connectivity index (χ0) is 13.9. The van der Waals surface area contributed by atoms with E-state index in [0.29, 0.717) is 12.6 Å². The summed E-state index contributed by atoms with van der Waals surface area (Å²) in [6, 6.07) is 8.08. The SMILES string of the molecule is CC1CN(CCOc2ccc(Cl)cc2)C(C)(C)CN1. The molecule has 1 heterocycles. The summed E-state index contributed by atoms with van der Waals surface area (Å²) in [7, 11) is 0. The van der Waals surface area contributed by atoms with Crippen LogP contribution in [0.2, 0.25) is 5.02 Å². The highest BCUT2D eigenvalue weighted by atomic mass is 35.5. The number of nitrogens with one attached hydrogen (secondary N) is 1. The number of hydrogen-bond donors (Lipinski definition) is 1. The number of halogens is 1. The summed E-state index contributed by atoms with van der Waals surface area (Å²) in [5.41, 5.74) is 0.190. The normalized spacial score (nSPS) is 23.3. The largest absolute Gasteiger partial charge is 0.492 e. The Kier molecular flexibility index (Phi) is 4.71. The van der Waals surface area contributed by atoms with E-state index in [9.17, 15) is 0 Å². The Morgan fingerprint density at radius 1 is 1.37 bits per heavy atom. The molecule has 1 atom stereocenters. The lowest BCUT2D eigenvalue weighted by Gasteiger charge is -2.45. The molecule has 0 spiro atoms. The van der Waals surface area contributed by atoms with Gasteiger partial charge in [0, 0.05) is 36.2 Å². The minimum atomic E-state index is 0.190. The van der Waals surface area contributed by atoms with Gasteiger partial charge in [-0.2, -0.15) is 0 Å². The Morgan fingerprint density at radius 3 is 2.74 bits per heavy atom. The van der Waals surface area contributed by atoms with Crippen LogP contribution < -0.4 is 10.1 Å². The van der Waals surface area contributed by atoms with Gasteiger partial charge in [0.05, 0.1) is 0 Å². The number of ether oxygens (including phenoxy) is 1. The van der Waals surface area contributed by atoms with Crippen molar-refractivity contribution in [1.82, 2.24) is 10.2 Å². The van der Waals surface area contributed by atoms with Crippen molar-refractivity contribution in [2.75, 3.05) is 26.2 Å². The number of nitrogens with zero attached hydrogens (tertiary/aromatic N) is 1. The first-order chi connectivity index (χ1) is 8.97. The second-order valence-electron chi connectivity index (χ2n) is 5.84. The predicted molar refractivity (Wildman–Crippen MR) is 80.1 cm³/mol. The van der Waals surface area contributed by atoms with E-state index in [0.717, 1.165) is 30.4 Å². The quantitative estimate of drug-likeness (QED) is 0.919. The molecule has 106 valence electrons. The minimum absolute atomic E-state index is 0.190. The molecule has 0 radical (unpaired) electrons. The molecule has 1 aliphatic heterocycles. The van der Waals surface area contributed by atoms with E-state index in [1.54, 1.807) is 0 Å². The van der Waals surface area contributed by atoms with Crippen LogP contribution in [0.4, 0.5) is 0 Å². The maximum atomic E-state index is 5.85. The Labute approximate surface area is 120 Å². The first kappa shape index (κ1) is 14.6. The van der Waals surface area contributed by atoms with Crippen LogP contribution in [0.15, 0.2) is 24.3 Å². The summed E-state index contributed by atoms with van der Waals surface area (Å²) in [5.74, 6) is 0.880. The molecule has 0 aliphatic carbocycles. The zero-order valence-electron chi connectivity index (χ0n) is 11.9. The summed E-state index contributed by atoms with van der Waals surface area (Å²) >= 11 is 5.85. The molecular formula is C15H23ClN2O. The Morgan fingerprint density at radius 2 is 2.05 bits per heavy atom. The van der Waals surface area contributed by atoms with E-state index < -0.39 is 0 Å². The second kappa shape index (κ2) is 6.12. The van der Waals surface area contributed by atoms with Gasteiger partial charge in [-0.05, 0) is 45.0 Å². The third-order valence-corrected chi connectivity index (χ3v) is 3.93. The van der Waals surface area contributed by atoms with Gasteiger partial charge >= 0.3 is 0 Å². The third-order valence-electron chi connectivity index (χ3n) is 3.68. The van der Waals surface area contributed by atoms with Gasteiger partial charge in [0.15, 0.2) is 0 Å². The predicted octanol–water partition coefficient (Wildman–Crippen LogP) is 2.79. The van der Waals surface area contributed by atoms with E-state index in [1.807, 2.05) is 24.3 Å². The maximum absolute atomic E-state index is 5.85. The molecular weight excluding hydrogens is 260 g/mol. The van der Waals surface area contributed by atoms with Gasteiger partial charge in [-0.15, -0.1) is 0 Å². The fourth-order valence-corrected chi connectivity index (χ4v) is 2.50. The first-order valence-electron chi connectivity index (χ1n) is 6.84. The number of piperazine rings is 1. The molecule has 3 nitrogen and oxygen atoms in total. The van der Waals surface area contributed by atoms with Gasteiger partial charge in [0.25, 0.3) is 0 Å². The minimum Gasteiger partial charge on any atom is -0.492 e. The molecule has 1 aliphatic rings. The monoisotopic (exact) mass is 282 g/mol. The van der Waals surface area contributed by atoms with E-state index in [4.69, 9.17) is 16.3 Å². The van der Waals surface area contributed by atoms with Crippen molar-refractivity contribution in [3.8, 4) is 5.75 Å². The van der Waals surface area contributed by atoms with Crippen LogP contribution >= 0.6 is 11.6 Å². The van der Waals surface area contributed by atoms with Gasteiger partial charge in [-0.3, -0.25) is 4.90 Å². The molecule has 1 aromatic carbocycles. The molecule has 0 aromatic heterocycles. The van der Waals surface area contributed by atoms with Crippen molar-refractivity contribution in [1.29, 1.82) is 0 Å². The number of rotatable bonds is 4. The molecule has 1 saturated heterocycles. The van der Waals surface area contributed by atoms with Crippen molar-refractivity contribution in [2.24, 2.45) is 0 Å². The molecule has 2 rings (SSSR count). The fraction of sp³-hybridized carbons (Fsp3) is 0.600. The van der Waals surface area contributed by atoms with Crippen LogP contribution in [0, 0.1) is 0 Å². The molecule has 0 saturated carbocycles.